The van der Waals surface area contributed by atoms with Gasteiger partial charge in [-0.2, -0.15) is 0 Å². The van der Waals surface area contributed by atoms with E-state index < -0.39 is 0 Å². The van der Waals surface area contributed by atoms with Crippen LogP contribution >= 0.6 is 0 Å². The van der Waals surface area contributed by atoms with E-state index in [9.17, 15) is 4.79 Å². The molecule has 6 nitrogen and oxygen atoms in total. The summed E-state index contributed by atoms with van der Waals surface area (Å²) in [4.78, 5) is 16.5. The van der Waals surface area contributed by atoms with Gasteiger partial charge < -0.3 is 20.1 Å². The zero-order chi connectivity index (χ0) is 18.4. The van der Waals surface area contributed by atoms with E-state index in [1.54, 1.807) is 44.7 Å². The number of ether oxygens (including phenoxy) is 2. The molecule has 1 aromatic heterocycles. The first kappa shape index (κ1) is 17.3. The second-order valence-corrected chi connectivity index (χ2v) is 5.47. The molecular weight excluding hydrogens is 330 g/mol. The highest BCUT2D eigenvalue weighted by Crippen LogP contribution is 2.20. The normalized spacial score (nSPS) is 10.1. The van der Waals surface area contributed by atoms with Gasteiger partial charge in [0.15, 0.2) is 0 Å². The summed E-state index contributed by atoms with van der Waals surface area (Å²) >= 11 is 0. The SMILES string of the molecule is COc1ccc(Nc2ccc(C(=O)Nc3cccc(OC)c3)nc2)cc1. The highest BCUT2D eigenvalue weighted by molar-refractivity contribution is 6.03. The molecule has 0 aliphatic rings. The maximum absolute atomic E-state index is 12.3. The van der Waals surface area contributed by atoms with E-state index in [2.05, 4.69) is 15.6 Å². The van der Waals surface area contributed by atoms with Crippen LogP contribution in [0.15, 0.2) is 66.9 Å². The summed E-state index contributed by atoms with van der Waals surface area (Å²) in [5.41, 5.74) is 2.67. The number of carbonyl (C=O) groups is 1. The van der Waals surface area contributed by atoms with Crippen LogP contribution in [0.3, 0.4) is 0 Å². The van der Waals surface area contributed by atoms with Crippen LogP contribution in [0, 0.1) is 0 Å². The van der Waals surface area contributed by atoms with Gasteiger partial charge in [-0.1, -0.05) is 6.07 Å². The van der Waals surface area contributed by atoms with Crippen molar-refractivity contribution in [3.8, 4) is 11.5 Å². The van der Waals surface area contributed by atoms with Gasteiger partial charge in [-0.05, 0) is 48.5 Å². The summed E-state index contributed by atoms with van der Waals surface area (Å²) in [6.07, 6.45) is 1.62. The fraction of sp³-hybridized carbons (Fsp3) is 0.100. The Hall–Kier alpha value is -3.54. The van der Waals surface area contributed by atoms with E-state index in [4.69, 9.17) is 9.47 Å². The minimum atomic E-state index is -0.283. The van der Waals surface area contributed by atoms with Crippen molar-refractivity contribution in [2.45, 2.75) is 0 Å². The minimum Gasteiger partial charge on any atom is -0.497 e. The molecule has 0 unspecified atom stereocenters. The molecule has 1 amide bonds. The smallest absolute Gasteiger partial charge is 0.274 e. The number of amides is 1. The number of rotatable bonds is 6. The van der Waals surface area contributed by atoms with Gasteiger partial charge in [0.2, 0.25) is 0 Å². The molecule has 0 fully saturated rings. The fourth-order valence-electron chi connectivity index (χ4n) is 2.34. The maximum Gasteiger partial charge on any atom is 0.274 e. The third-order valence-electron chi connectivity index (χ3n) is 3.70. The molecule has 0 aliphatic heterocycles. The lowest BCUT2D eigenvalue weighted by Gasteiger charge is -2.09. The lowest BCUT2D eigenvalue weighted by Crippen LogP contribution is -2.13. The first-order valence-electron chi connectivity index (χ1n) is 8.00. The monoisotopic (exact) mass is 349 g/mol. The fourth-order valence-corrected chi connectivity index (χ4v) is 2.34. The molecule has 0 bridgehead atoms. The number of benzene rings is 2. The summed E-state index contributed by atoms with van der Waals surface area (Å²) in [6, 6.07) is 18.2. The zero-order valence-corrected chi connectivity index (χ0v) is 14.5. The molecule has 2 N–H and O–H groups in total. The van der Waals surface area contributed by atoms with Crippen molar-refractivity contribution in [1.82, 2.24) is 4.98 Å². The van der Waals surface area contributed by atoms with E-state index in [-0.39, 0.29) is 5.91 Å². The Morgan fingerprint density at radius 2 is 1.58 bits per heavy atom. The quantitative estimate of drug-likeness (QED) is 0.701. The highest BCUT2D eigenvalue weighted by atomic mass is 16.5. The molecule has 26 heavy (non-hydrogen) atoms. The zero-order valence-electron chi connectivity index (χ0n) is 14.5. The van der Waals surface area contributed by atoms with Gasteiger partial charge in [0, 0.05) is 17.4 Å². The van der Waals surface area contributed by atoms with Gasteiger partial charge in [0.1, 0.15) is 17.2 Å². The number of hydrogen-bond donors (Lipinski definition) is 2. The van der Waals surface area contributed by atoms with E-state index in [0.29, 0.717) is 17.1 Å². The summed E-state index contributed by atoms with van der Waals surface area (Å²) in [5, 5.41) is 6.02. The summed E-state index contributed by atoms with van der Waals surface area (Å²) in [5.74, 6) is 1.18. The molecular formula is C20H19N3O3. The predicted octanol–water partition coefficient (Wildman–Crippen LogP) is 4.09. The number of hydrogen-bond acceptors (Lipinski definition) is 5. The van der Waals surface area contributed by atoms with Crippen LogP contribution in [0.5, 0.6) is 11.5 Å². The van der Waals surface area contributed by atoms with Crippen molar-refractivity contribution in [3.05, 3.63) is 72.6 Å². The molecule has 3 aromatic rings. The number of nitrogens with one attached hydrogen (secondary N) is 2. The van der Waals surface area contributed by atoms with Crippen molar-refractivity contribution < 1.29 is 14.3 Å². The standard InChI is InChI=1S/C20H19N3O3/c1-25-17-9-6-14(7-10-17)22-16-8-11-19(21-13-16)20(24)23-15-4-3-5-18(12-15)26-2/h3-13,22H,1-2H3,(H,23,24). The van der Waals surface area contributed by atoms with E-state index in [0.717, 1.165) is 17.1 Å². The van der Waals surface area contributed by atoms with Crippen LogP contribution in [0.2, 0.25) is 0 Å². The lowest BCUT2D eigenvalue weighted by atomic mass is 10.2. The number of nitrogens with zero attached hydrogens (tertiary/aromatic N) is 1. The van der Waals surface area contributed by atoms with Crippen molar-refractivity contribution in [3.63, 3.8) is 0 Å². The van der Waals surface area contributed by atoms with Crippen molar-refractivity contribution in [1.29, 1.82) is 0 Å². The lowest BCUT2D eigenvalue weighted by molar-refractivity contribution is 0.102. The molecule has 1 heterocycles. The number of anilines is 3. The Bertz CT molecular complexity index is 878. The second kappa shape index (κ2) is 8.02. The first-order valence-corrected chi connectivity index (χ1v) is 8.00. The Morgan fingerprint density at radius 3 is 2.23 bits per heavy atom. The van der Waals surface area contributed by atoms with Crippen LogP contribution < -0.4 is 20.1 Å². The van der Waals surface area contributed by atoms with Gasteiger partial charge in [-0.15, -0.1) is 0 Å². The molecule has 132 valence electrons. The maximum atomic E-state index is 12.3. The van der Waals surface area contributed by atoms with Crippen molar-refractivity contribution >= 4 is 23.0 Å². The first-order chi connectivity index (χ1) is 12.7. The topological polar surface area (TPSA) is 72.5 Å². The third-order valence-corrected chi connectivity index (χ3v) is 3.70. The van der Waals surface area contributed by atoms with Gasteiger partial charge >= 0.3 is 0 Å². The average molecular weight is 349 g/mol. The van der Waals surface area contributed by atoms with Crippen LogP contribution in [-0.4, -0.2) is 25.1 Å². The summed E-state index contributed by atoms with van der Waals surface area (Å²) < 4.78 is 10.3. The van der Waals surface area contributed by atoms with Crippen LogP contribution in [0.4, 0.5) is 17.1 Å². The Labute approximate surface area is 151 Å². The highest BCUT2D eigenvalue weighted by Gasteiger charge is 2.08. The van der Waals surface area contributed by atoms with Crippen molar-refractivity contribution in [2.75, 3.05) is 24.9 Å². The predicted molar refractivity (Wildman–Crippen MR) is 101 cm³/mol. The number of carbonyl (C=O) groups excluding carboxylic acids is 1. The van der Waals surface area contributed by atoms with Gasteiger partial charge in [0.05, 0.1) is 26.1 Å². The Kier molecular flexibility index (Phi) is 5.34. The molecule has 0 aliphatic carbocycles. The average Bonchev–Trinajstić information content (AvgIpc) is 2.69. The molecule has 0 atom stereocenters. The Balaban J connectivity index is 1.65. The Morgan fingerprint density at radius 1 is 0.846 bits per heavy atom. The molecule has 6 heteroatoms. The molecule has 2 aromatic carbocycles. The largest absolute Gasteiger partial charge is 0.497 e. The van der Waals surface area contributed by atoms with Crippen LogP contribution in [0.25, 0.3) is 0 Å². The van der Waals surface area contributed by atoms with Gasteiger partial charge in [-0.3, -0.25) is 4.79 Å². The van der Waals surface area contributed by atoms with E-state index in [1.807, 2.05) is 36.4 Å². The van der Waals surface area contributed by atoms with Crippen LogP contribution in [-0.2, 0) is 0 Å². The third kappa shape index (κ3) is 4.30. The van der Waals surface area contributed by atoms with E-state index >= 15 is 0 Å². The molecule has 0 saturated carbocycles. The molecule has 0 radical (unpaired) electrons. The molecule has 0 saturated heterocycles. The molecule has 3 rings (SSSR count). The van der Waals surface area contributed by atoms with E-state index in [1.165, 1.54) is 0 Å². The van der Waals surface area contributed by atoms with Crippen molar-refractivity contribution in [2.24, 2.45) is 0 Å². The summed E-state index contributed by atoms with van der Waals surface area (Å²) in [6.45, 7) is 0. The number of methoxy groups -OCH3 is 2. The second-order valence-electron chi connectivity index (χ2n) is 5.47. The summed E-state index contributed by atoms with van der Waals surface area (Å²) in [7, 11) is 3.21. The van der Waals surface area contributed by atoms with Crippen LogP contribution in [0.1, 0.15) is 10.5 Å². The van der Waals surface area contributed by atoms with Gasteiger partial charge in [-0.25, -0.2) is 4.98 Å². The van der Waals surface area contributed by atoms with Gasteiger partial charge in [0.25, 0.3) is 5.91 Å². The number of aromatic nitrogens is 1. The number of pyridine rings is 1. The minimum absolute atomic E-state index is 0.283. The molecule has 0 spiro atoms.